The van der Waals surface area contributed by atoms with Gasteiger partial charge in [-0.2, -0.15) is 0 Å². The Balaban J connectivity index is 2.12. The Morgan fingerprint density at radius 3 is 1.84 bits per heavy atom. The fourth-order valence-electron chi connectivity index (χ4n) is 3.66. The van der Waals surface area contributed by atoms with E-state index in [0.29, 0.717) is 11.2 Å². The molecular weight excluding hydrogens is 415 g/mol. The maximum absolute atomic E-state index is 14.7. The van der Waals surface area contributed by atoms with Crippen LogP contribution in [0.4, 0.5) is 11.4 Å². The predicted molar refractivity (Wildman–Crippen MR) is 138 cm³/mol. The summed E-state index contributed by atoms with van der Waals surface area (Å²) < 4.78 is 21.0. The van der Waals surface area contributed by atoms with Crippen LogP contribution >= 0.6 is 7.37 Å². The van der Waals surface area contributed by atoms with Crippen LogP contribution in [0.2, 0.25) is 0 Å². The number of hydrogen-bond acceptors (Lipinski definition) is 4. The zero-order chi connectivity index (χ0) is 23.3. The van der Waals surface area contributed by atoms with Gasteiger partial charge in [0.1, 0.15) is 5.78 Å². The van der Waals surface area contributed by atoms with Gasteiger partial charge in [0.25, 0.3) is 7.37 Å². The van der Waals surface area contributed by atoms with E-state index < -0.39 is 13.2 Å². The quantitative estimate of drug-likeness (QED) is 0.356. The Hall–Kier alpha value is -2.55. The summed E-state index contributed by atoms with van der Waals surface area (Å²) in [5, 5.41) is 4.23. The lowest BCUT2D eigenvalue weighted by Gasteiger charge is -2.31. The molecule has 1 N–H and O–H groups in total. The minimum Gasteiger partial charge on any atom is -0.378 e. The zero-order valence-corrected chi connectivity index (χ0v) is 20.8. The fourth-order valence-corrected chi connectivity index (χ4v) is 6.28. The SMILES string of the molecule is CC(C)OP(=O)(c1ccc(N(C)C)cc1)C(Nc1ccccc1)c1ccc(C(C)C)cc1. The Morgan fingerprint density at radius 1 is 0.781 bits per heavy atom. The molecule has 0 fully saturated rings. The summed E-state index contributed by atoms with van der Waals surface area (Å²) in [5.41, 5.74) is 4.16. The fraction of sp³-hybridized carbons (Fsp3) is 0.333. The molecule has 0 amide bonds. The molecule has 2 unspecified atom stereocenters. The molecule has 0 aliphatic carbocycles. The Morgan fingerprint density at radius 2 is 1.34 bits per heavy atom. The van der Waals surface area contributed by atoms with Gasteiger partial charge < -0.3 is 14.7 Å². The van der Waals surface area contributed by atoms with Crippen LogP contribution in [0.25, 0.3) is 0 Å². The summed E-state index contributed by atoms with van der Waals surface area (Å²) in [6.07, 6.45) is -0.190. The van der Waals surface area contributed by atoms with Gasteiger partial charge in [0, 0.05) is 30.8 Å². The first-order valence-electron chi connectivity index (χ1n) is 11.2. The van der Waals surface area contributed by atoms with E-state index in [4.69, 9.17) is 4.52 Å². The lowest BCUT2D eigenvalue weighted by Crippen LogP contribution is -2.23. The molecule has 5 heteroatoms. The second-order valence-corrected chi connectivity index (χ2v) is 11.3. The van der Waals surface area contributed by atoms with E-state index in [9.17, 15) is 4.57 Å². The average molecular weight is 451 g/mol. The Bertz CT molecular complexity index is 1030. The second kappa shape index (κ2) is 10.4. The van der Waals surface area contributed by atoms with Crippen LogP contribution in [0.3, 0.4) is 0 Å². The number of nitrogens with zero attached hydrogens (tertiary/aromatic N) is 1. The van der Waals surface area contributed by atoms with Crippen molar-refractivity contribution in [2.45, 2.75) is 45.5 Å². The molecule has 4 nitrogen and oxygen atoms in total. The van der Waals surface area contributed by atoms with Crippen LogP contribution < -0.4 is 15.5 Å². The molecular formula is C27H35N2O2P. The van der Waals surface area contributed by atoms with Gasteiger partial charge in [0.15, 0.2) is 0 Å². The number of anilines is 2. The summed E-state index contributed by atoms with van der Waals surface area (Å²) >= 11 is 0. The molecule has 2 atom stereocenters. The van der Waals surface area contributed by atoms with E-state index >= 15 is 0 Å². The zero-order valence-electron chi connectivity index (χ0n) is 19.9. The van der Waals surface area contributed by atoms with Gasteiger partial charge in [-0.25, -0.2) is 0 Å². The maximum Gasteiger partial charge on any atom is 0.258 e. The summed E-state index contributed by atoms with van der Waals surface area (Å²) in [6.45, 7) is 8.21. The van der Waals surface area contributed by atoms with E-state index in [2.05, 4.69) is 43.4 Å². The average Bonchev–Trinajstić information content (AvgIpc) is 2.77. The van der Waals surface area contributed by atoms with E-state index in [0.717, 1.165) is 16.9 Å². The highest BCUT2D eigenvalue weighted by molar-refractivity contribution is 7.67. The highest BCUT2D eigenvalue weighted by Crippen LogP contribution is 2.59. The third-order valence-electron chi connectivity index (χ3n) is 5.43. The summed E-state index contributed by atoms with van der Waals surface area (Å²) in [6, 6.07) is 26.1. The van der Waals surface area contributed by atoms with Gasteiger partial charge in [0.2, 0.25) is 0 Å². The number of para-hydroxylation sites is 1. The number of benzene rings is 3. The second-order valence-electron chi connectivity index (χ2n) is 8.90. The highest BCUT2D eigenvalue weighted by atomic mass is 31.2. The van der Waals surface area contributed by atoms with Crippen molar-refractivity contribution in [2.75, 3.05) is 24.3 Å². The Kier molecular flexibility index (Phi) is 7.82. The third kappa shape index (κ3) is 5.62. The standard InChI is InChI=1S/C27H35N2O2P/c1-20(2)22-12-14-23(15-13-22)27(28-24-10-8-7-9-11-24)32(30,31-21(3)4)26-18-16-25(17-19-26)29(5)6/h7-21,27-28H,1-6H3. The first-order valence-corrected chi connectivity index (χ1v) is 12.9. The molecule has 0 aliphatic heterocycles. The van der Waals surface area contributed by atoms with Gasteiger partial charge in [-0.3, -0.25) is 4.57 Å². The van der Waals surface area contributed by atoms with Crippen molar-refractivity contribution < 1.29 is 9.09 Å². The normalized spacial score (nSPS) is 14.2. The number of nitrogens with one attached hydrogen (secondary N) is 1. The van der Waals surface area contributed by atoms with Gasteiger partial charge >= 0.3 is 0 Å². The van der Waals surface area contributed by atoms with Crippen LogP contribution in [-0.4, -0.2) is 20.2 Å². The molecule has 3 rings (SSSR count). The van der Waals surface area contributed by atoms with Crippen molar-refractivity contribution >= 4 is 24.0 Å². The largest absolute Gasteiger partial charge is 0.378 e. The topological polar surface area (TPSA) is 41.6 Å². The minimum absolute atomic E-state index is 0.190. The molecule has 3 aromatic carbocycles. The Labute approximate surface area is 193 Å². The molecule has 0 saturated carbocycles. The summed E-state index contributed by atoms with van der Waals surface area (Å²) in [7, 11) is 0.647. The molecule has 0 bridgehead atoms. The van der Waals surface area contributed by atoms with E-state index in [1.165, 1.54) is 5.56 Å². The van der Waals surface area contributed by atoms with Gasteiger partial charge in [-0.15, -0.1) is 0 Å². The molecule has 0 heterocycles. The molecule has 0 saturated heterocycles. The van der Waals surface area contributed by atoms with Crippen molar-refractivity contribution in [3.05, 3.63) is 90.0 Å². The van der Waals surface area contributed by atoms with Gasteiger partial charge in [-0.05, 0) is 67.3 Å². The molecule has 170 valence electrons. The van der Waals surface area contributed by atoms with Crippen molar-refractivity contribution in [1.82, 2.24) is 0 Å². The highest BCUT2D eigenvalue weighted by Gasteiger charge is 2.38. The minimum atomic E-state index is -3.34. The van der Waals surface area contributed by atoms with E-state index in [1.54, 1.807) is 0 Å². The van der Waals surface area contributed by atoms with Crippen LogP contribution in [0.1, 0.15) is 50.5 Å². The lowest BCUT2D eigenvalue weighted by molar-refractivity contribution is 0.245. The van der Waals surface area contributed by atoms with Crippen molar-refractivity contribution in [2.24, 2.45) is 0 Å². The predicted octanol–water partition coefficient (Wildman–Crippen LogP) is 7.02. The van der Waals surface area contributed by atoms with E-state index in [1.807, 2.05) is 87.4 Å². The third-order valence-corrected chi connectivity index (χ3v) is 8.29. The summed E-state index contributed by atoms with van der Waals surface area (Å²) in [4.78, 5) is 2.03. The van der Waals surface area contributed by atoms with Crippen LogP contribution in [-0.2, 0) is 9.09 Å². The number of rotatable bonds is 9. The first-order chi connectivity index (χ1) is 15.2. The number of hydrogen-bond donors (Lipinski definition) is 1. The molecule has 0 spiro atoms. The molecule has 32 heavy (non-hydrogen) atoms. The molecule has 0 aliphatic rings. The monoisotopic (exact) mass is 450 g/mol. The molecule has 3 aromatic rings. The van der Waals surface area contributed by atoms with E-state index in [-0.39, 0.29) is 6.10 Å². The molecule has 0 radical (unpaired) electrons. The summed E-state index contributed by atoms with van der Waals surface area (Å²) in [5.74, 6) is -0.0828. The molecule has 0 aromatic heterocycles. The first kappa shape index (κ1) is 24.1. The van der Waals surface area contributed by atoms with Crippen LogP contribution in [0.15, 0.2) is 78.9 Å². The van der Waals surface area contributed by atoms with Crippen molar-refractivity contribution in [3.8, 4) is 0 Å². The van der Waals surface area contributed by atoms with Crippen LogP contribution in [0.5, 0.6) is 0 Å². The van der Waals surface area contributed by atoms with Crippen LogP contribution in [0, 0.1) is 0 Å². The van der Waals surface area contributed by atoms with Gasteiger partial charge in [0.05, 0.1) is 6.10 Å². The van der Waals surface area contributed by atoms with Gasteiger partial charge in [-0.1, -0.05) is 56.3 Å². The van der Waals surface area contributed by atoms with Crippen molar-refractivity contribution in [3.63, 3.8) is 0 Å². The maximum atomic E-state index is 14.7. The smallest absolute Gasteiger partial charge is 0.258 e. The van der Waals surface area contributed by atoms with Crippen molar-refractivity contribution in [1.29, 1.82) is 0 Å². The lowest BCUT2D eigenvalue weighted by atomic mass is 10.0.